The molecule has 17 heavy (non-hydrogen) atoms. The highest BCUT2D eigenvalue weighted by atomic mass is 32.2. The zero-order chi connectivity index (χ0) is 12.3. The molecule has 0 aromatic heterocycles. The Labute approximate surface area is 102 Å². The number of rotatable bonds is 5. The van der Waals surface area contributed by atoms with Crippen LogP contribution in [0.15, 0.2) is 18.2 Å². The smallest absolute Gasteiger partial charge is 0.232 e. The molecule has 0 saturated carbocycles. The average Bonchev–Trinajstić information content (AvgIpc) is 2.73. The number of hydrogen-bond acceptors (Lipinski definition) is 3. The second kappa shape index (κ2) is 5.06. The molecule has 0 amide bonds. The van der Waals surface area contributed by atoms with Crippen LogP contribution in [-0.4, -0.2) is 25.9 Å². The topological polar surface area (TPSA) is 66.4 Å². The van der Waals surface area contributed by atoms with Crippen molar-refractivity contribution >= 4 is 15.7 Å². The Hall–Kier alpha value is -1.07. The van der Waals surface area contributed by atoms with E-state index in [1.54, 1.807) is 6.07 Å². The fourth-order valence-corrected chi connectivity index (χ4v) is 3.22. The predicted octanol–water partition coefficient (Wildman–Crippen LogP) is 1.30. The van der Waals surface area contributed by atoms with Gasteiger partial charge >= 0.3 is 0 Å². The summed E-state index contributed by atoms with van der Waals surface area (Å²) in [6.45, 7) is -0.106. The minimum atomic E-state index is -3.32. The molecule has 0 aliphatic heterocycles. The highest BCUT2D eigenvalue weighted by Crippen LogP contribution is 2.25. The molecule has 1 aromatic rings. The highest BCUT2D eigenvalue weighted by molar-refractivity contribution is 7.92. The van der Waals surface area contributed by atoms with Crippen molar-refractivity contribution in [1.82, 2.24) is 0 Å². The Morgan fingerprint density at radius 1 is 1.24 bits per heavy atom. The van der Waals surface area contributed by atoms with E-state index in [4.69, 9.17) is 5.11 Å². The molecule has 1 aliphatic carbocycles. The molecule has 0 heterocycles. The van der Waals surface area contributed by atoms with Crippen LogP contribution >= 0.6 is 0 Å². The lowest BCUT2D eigenvalue weighted by molar-refractivity contribution is 0.295. The van der Waals surface area contributed by atoms with Crippen LogP contribution in [0.4, 0.5) is 5.69 Å². The van der Waals surface area contributed by atoms with Crippen LogP contribution in [0.1, 0.15) is 24.0 Å². The average molecular weight is 255 g/mol. The standard InChI is InChI=1S/C12H17NO3S/c14-7-2-8-17(15,16)13-12-6-5-10-3-1-4-11(10)9-12/h5-6,9,13-14H,1-4,7-8H2. The SMILES string of the molecule is O=S(=O)(CCCO)Nc1ccc2c(c1)CCC2. The van der Waals surface area contributed by atoms with Crippen LogP contribution in [0, 0.1) is 0 Å². The van der Waals surface area contributed by atoms with Crippen LogP contribution in [-0.2, 0) is 22.9 Å². The number of nitrogens with one attached hydrogen (secondary N) is 1. The first-order chi connectivity index (χ1) is 8.11. The van der Waals surface area contributed by atoms with Gasteiger partial charge in [-0.1, -0.05) is 6.07 Å². The zero-order valence-electron chi connectivity index (χ0n) is 9.65. The van der Waals surface area contributed by atoms with Gasteiger partial charge in [0, 0.05) is 12.3 Å². The first-order valence-corrected chi connectivity index (χ1v) is 7.49. The summed E-state index contributed by atoms with van der Waals surface area (Å²) in [5, 5.41) is 8.63. The van der Waals surface area contributed by atoms with Gasteiger partial charge in [0.2, 0.25) is 10.0 Å². The Kier molecular flexibility index (Phi) is 3.69. The molecule has 0 unspecified atom stereocenters. The number of hydrogen-bond donors (Lipinski definition) is 2. The number of sulfonamides is 1. The summed E-state index contributed by atoms with van der Waals surface area (Å²) < 4.78 is 25.8. The number of benzene rings is 1. The molecular formula is C12H17NO3S. The van der Waals surface area contributed by atoms with Crippen molar-refractivity contribution < 1.29 is 13.5 Å². The lowest BCUT2D eigenvalue weighted by Gasteiger charge is -2.09. The molecule has 0 radical (unpaired) electrons. The maximum atomic E-state index is 11.6. The molecule has 1 aliphatic rings. The number of aliphatic hydroxyl groups excluding tert-OH is 1. The van der Waals surface area contributed by atoms with Crippen molar-refractivity contribution in [2.24, 2.45) is 0 Å². The Balaban J connectivity index is 2.09. The van der Waals surface area contributed by atoms with Gasteiger partial charge in [0.15, 0.2) is 0 Å². The fourth-order valence-electron chi connectivity index (χ4n) is 2.12. The minimum absolute atomic E-state index is 0.0411. The van der Waals surface area contributed by atoms with Gasteiger partial charge in [-0.15, -0.1) is 0 Å². The molecule has 2 rings (SSSR count). The number of fused-ring (bicyclic) bond motifs is 1. The van der Waals surface area contributed by atoms with E-state index in [9.17, 15) is 8.42 Å². The second-order valence-corrected chi connectivity index (χ2v) is 6.18. The molecule has 2 N–H and O–H groups in total. The molecular weight excluding hydrogens is 238 g/mol. The maximum absolute atomic E-state index is 11.6. The third-order valence-corrected chi connectivity index (χ3v) is 4.32. The van der Waals surface area contributed by atoms with Gasteiger partial charge in [0.05, 0.1) is 5.75 Å². The van der Waals surface area contributed by atoms with E-state index in [-0.39, 0.29) is 18.8 Å². The molecule has 0 saturated heterocycles. The number of aryl methyl sites for hydroxylation is 2. The van der Waals surface area contributed by atoms with Crippen LogP contribution in [0.2, 0.25) is 0 Å². The number of aliphatic hydroxyl groups is 1. The van der Waals surface area contributed by atoms with Crippen LogP contribution in [0.5, 0.6) is 0 Å². The van der Waals surface area contributed by atoms with E-state index in [1.807, 2.05) is 12.1 Å². The molecule has 0 atom stereocenters. The van der Waals surface area contributed by atoms with Gasteiger partial charge in [-0.2, -0.15) is 0 Å². The molecule has 5 heteroatoms. The van der Waals surface area contributed by atoms with Crippen LogP contribution in [0.3, 0.4) is 0 Å². The van der Waals surface area contributed by atoms with Crippen LogP contribution in [0.25, 0.3) is 0 Å². The summed E-state index contributed by atoms with van der Waals surface area (Å²) in [5.74, 6) is -0.0411. The van der Waals surface area contributed by atoms with Gasteiger partial charge in [0.1, 0.15) is 0 Å². The van der Waals surface area contributed by atoms with Crippen molar-refractivity contribution in [3.05, 3.63) is 29.3 Å². The van der Waals surface area contributed by atoms with Crippen LogP contribution < -0.4 is 4.72 Å². The maximum Gasteiger partial charge on any atom is 0.232 e. The highest BCUT2D eigenvalue weighted by Gasteiger charge is 2.14. The molecule has 0 spiro atoms. The number of anilines is 1. The van der Waals surface area contributed by atoms with Gasteiger partial charge < -0.3 is 5.11 Å². The largest absolute Gasteiger partial charge is 0.396 e. The molecule has 94 valence electrons. The van der Waals surface area contributed by atoms with Crippen molar-refractivity contribution in [3.63, 3.8) is 0 Å². The lowest BCUT2D eigenvalue weighted by Crippen LogP contribution is -2.17. The Morgan fingerprint density at radius 3 is 2.76 bits per heavy atom. The summed E-state index contributed by atoms with van der Waals surface area (Å²) in [4.78, 5) is 0. The van der Waals surface area contributed by atoms with Gasteiger partial charge in [-0.05, 0) is 48.9 Å². The Bertz CT molecular complexity index is 496. The predicted molar refractivity (Wildman–Crippen MR) is 67.6 cm³/mol. The minimum Gasteiger partial charge on any atom is -0.396 e. The second-order valence-electron chi connectivity index (χ2n) is 4.34. The summed E-state index contributed by atoms with van der Waals surface area (Å²) in [6.07, 6.45) is 3.53. The molecule has 4 nitrogen and oxygen atoms in total. The third-order valence-electron chi connectivity index (χ3n) is 2.94. The van der Waals surface area contributed by atoms with Crippen molar-refractivity contribution in [1.29, 1.82) is 0 Å². The van der Waals surface area contributed by atoms with Gasteiger partial charge in [-0.25, -0.2) is 8.42 Å². The van der Waals surface area contributed by atoms with E-state index < -0.39 is 10.0 Å². The summed E-state index contributed by atoms with van der Waals surface area (Å²) in [5.41, 5.74) is 3.19. The van der Waals surface area contributed by atoms with E-state index in [0.29, 0.717) is 5.69 Å². The van der Waals surface area contributed by atoms with Crippen molar-refractivity contribution in [3.8, 4) is 0 Å². The monoisotopic (exact) mass is 255 g/mol. The first kappa shape index (κ1) is 12.4. The molecule has 1 aromatic carbocycles. The van der Waals surface area contributed by atoms with Crippen molar-refractivity contribution in [2.75, 3.05) is 17.1 Å². The van der Waals surface area contributed by atoms with E-state index >= 15 is 0 Å². The fraction of sp³-hybridized carbons (Fsp3) is 0.500. The summed E-state index contributed by atoms with van der Waals surface area (Å²) >= 11 is 0. The zero-order valence-corrected chi connectivity index (χ0v) is 10.5. The normalized spacial score (nSPS) is 14.6. The summed E-state index contributed by atoms with van der Waals surface area (Å²) in [6, 6.07) is 5.71. The Morgan fingerprint density at radius 2 is 2.00 bits per heavy atom. The third kappa shape index (κ3) is 3.20. The quantitative estimate of drug-likeness (QED) is 0.833. The van der Waals surface area contributed by atoms with Gasteiger partial charge in [-0.3, -0.25) is 4.72 Å². The van der Waals surface area contributed by atoms with Crippen molar-refractivity contribution in [2.45, 2.75) is 25.7 Å². The van der Waals surface area contributed by atoms with E-state index in [1.165, 1.54) is 11.1 Å². The molecule has 0 bridgehead atoms. The lowest BCUT2D eigenvalue weighted by atomic mass is 10.1. The molecule has 0 fully saturated rings. The van der Waals surface area contributed by atoms with E-state index in [2.05, 4.69) is 4.72 Å². The first-order valence-electron chi connectivity index (χ1n) is 5.84. The van der Waals surface area contributed by atoms with Gasteiger partial charge in [0.25, 0.3) is 0 Å². The van der Waals surface area contributed by atoms with E-state index in [0.717, 1.165) is 19.3 Å². The summed E-state index contributed by atoms with van der Waals surface area (Å²) in [7, 11) is -3.32.